The van der Waals surface area contributed by atoms with Gasteiger partial charge in [-0.3, -0.25) is 0 Å². The molecule has 0 radical (unpaired) electrons. The Bertz CT molecular complexity index is 357. The molecule has 0 spiro atoms. The van der Waals surface area contributed by atoms with Gasteiger partial charge in [-0.2, -0.15) is 4.98 Å². The van der Waals surface area contributed by atoms with E-state index in [-0.39, 0.29) is 0 Å². The third-order valence-corrected chi connectivity index (χ3v) is 2.65. The van der Waals surface area contributed by atoms with Gasteiger partial charge in [-0.15, -0.1) is 0 Å². The predicted octanol–water partition coefficient (Wildman–Crippen LogP) is 0.491. The van der Waals surface area contributed by atoms with Crippen LogP contribution in [0.3, 0.4) is 0 Å². The highest BCUT2D eigenvalue weighted by molar-refractivity contribution is 5.54. The molecule has 1 aromatic rings. The molecule has 7 nitrogen and oxygen atoms in total. The molecular weight excluding hydrogens is 234 g/mol. The Hall–Kier alpha value is -1.60. The first kappa shape index (κ1) is 14.5. The van der Waals surface area contributed by atoms with Crippen LogP contribution in [0.15, 0.2) is 6.33 Å². The van der Waals surface area contributed by atoms with Crippen molar-refractivity contribution in [2.75, 3.05) is 38.8 Å². The molecule has 1 rings (SSSR count). The summed E-state index contributed by atoms with van der Waals surface area (Å²) in [5, 5.41) is 0. The molecule has 1 heterocycles. The molecule has 0 aromatic carbocycles. The average Bonchev–Trinajstić information content (AvgIpc) is 2.43. The van der Waals surface area contributed by atoms with Crippen molar-refractivity contribution in [3.8, 4) is 11.6 Å². The van der Waals surface area contributed by atoms with Crippen LogP contribution in [0, 0.1) is 0 Å². The van der Waals surface area contributed by atoms with E-state index in [0.717, 1.165) is 19.6 Å². The second-order valence-corrected chi connectivity index (χ2v) is 3.58. The maximum absolute atomic E-state index is 5.59. The second-order valence-electron chi connectivity index (χ2n) is 3.58. The van der Waals surface area contributed by atoms with Crippen LogP contribution >= 0.6 is 0 Å². The topological polar surface area (TPSA) is 85.5 Å². The van der Waals surface area contributed by atoms with Gasteiger partial charge in [0.25, 0.3) is 5.88 Å². The van der Waals surface area contributed by atoms with Crippen molar-refractivity contribution in [2.24, 2.45) is 5.84 Å². The zero-order chi connectivity index (χ0) is 13.4. The van der Waals surface area contributed by atoms with Crippen LogP contribution < -0.4 is 20.7 Å². The van der Waals surface area contributed by atoms with E-state index < -0.39 is 0 Å². The molecule has 7 heteroatoms. The summed E-state index contributed by atoms with van der Waals surface area (Å²) in [7, 11) is 1.52. The van der Waals surface area contributed by atoms with Gasteiger partial charge in [0, 0.05) is 6.54 Å². The number of nitrogen functional groups attached to an aromatic ring is 1. The Morgan fingerprint density at radius 2 is 2.06 bits per heavy atom. The third kappa shape index (κ3) is 3.71. The zero-order valence-corrected chi connectivity index (χ0v) is 11.1. The van der Waals surface area contributed by atoms with Gasteiger partial charge in [-0.25, -0.2) is 10.8 Å². The van der Waals surface area contributed by atoms with Gasteiger partial charge in [0.15, 0.2) is 5.82 Å². The summed E-state index contributed by atoms with van der Waals surface area (Å²) in [6.45, 7) is 7.60. The number of rotatable bonds is 8. The SMILES string of the molecule is CCN(CC)CCOc1ncnc(NN)c1OC. The molecule has 102 valence electrons. The highest BCUT2D eigenvalue weighted by Gasteiger charge is 2.12. The smallest absolute Gasteiger partial charge is 0.262 e. The summed E-state index contributed by atoms with van der Waals surface area (Å²) in [6.07, 6.45) is 1.38. The van der Waals surface area contributed by atoms with Crippen molar-refractivity contribution in [3.63, 3.8) is 0 Å². The zero-order valence-electron chi connectivity index (χ0n) is 11.1. The number of nitrogens with one attached hydrogen (secondary N) is 1. The number of nitrogens with zero attached hydrogens (tertiary/aromatic N) is 3. The normalized spacial score (nSPS) is 10.5. The lowest BCUT2D eigenvalue weighted by atomic mass is 10.5. The van der Waals surface area contributed by atoms with Crippen LogP contribution in [0.1, 0.15) is 13.8 Å². The van der Waals surface area contributed by atoms with Crippen LogP contribution in [0.25, 0.3) is 0 Å². The van der Waals surface area contributed by atoms with Crippen LogP contribution in [0.2, 0.25) is 0 Å². The number of hydrogen-bond acceptors (Lipinski definition) is 7. The standard InChI is InChI=1S/C11H21N5O2/c1-4-16(5-2)6-7-18-11-9(17-3)10(15-12)13-8-14-11/h8H,4-7,12H2,1-3H3,(H,13,14,15). The Balaban J connectivity index is 2.61. The first-order valence-corrected chi connectivity index (χ1v) is 5.97. The van der Waals surface area contributed by atoms with Crippen molar-refractivity contribution in [1.29, 1.82) is 0 Å². The fourth-order valence-electron chi connectivity index (χ4n) is 1.56. The second kappa shape index (κ2) is 7.67. The lowest BCUT2D eigenvalue weighted by Gasteiger charge is -2.18. The summed E-state index contributed by atoms with van der Waals surface area (Å²) in [6, 6.07) is 0. The number of anilines is 1. The third-order valence-electron chi connectivity index (χ3n) is 2.65. The number of aromatic nitrogens is 2. The number of likely N-dealkylation sites (N-methyl/N-ethyl adjacent to an activating group) is 1. The summed E-state index contributed by atoms with van der Waals surface area (Å²) in [4.78, 5) is 10.2. The van der Waals surface area contributed by atoms with Gasteiger partial charge >= 0.3 is 0 Å². The van der Waals surface area contributed by atoms with E-state index in [1.165, 1.54) is 13.4 Å². The Morgan fingerprint density at radius 1 is 1.33 bits per heavy atom. The monoisotopic (exact) mass is 255 g/mol. The van der Waals surface area contributed by atoms with Crippen molar-refractivity contribution < 1.29 is 9.47 Å². The van der Waals surface area contributed by atoms with Crippen molar-refractivity contribution in [1.82, 2.24) is 14.9 Å². The summed E-state index contributed by atoms with van der Waals surface area (Å²) in [5.74, 6) is 6.55. The molecule has 0 saturated heterocycles. The number of hydrazine groups is 1. The molecular formula is C11H21N5O2. The molecule has 0 aliphatic heterocycles. The van der Waals surface area contributed by atoms with Gasteiger partial charge in [-0.05, 0) is 13.1 Å². The maximum Gasteiger partial charge on any atom is 0.262 e. The summed E-state index contributed by atoms with van der Waals surface area (Å²) >= 11 is 0. The summed E-state index contributed by atoms with van der Waals surface area (Å²) in [5.41, 5.74) is 2.44. The largest absolute Gasteiger partial charge is 0.489 e. The Labute approximate surface area is 107 Å². The van der Waals surface area contributed by atoms with E-state index in [1.807, 2.05) is 0 Å². The molecule has 0 fully saturated rings. The molecule has 0 amide bonds. The van der Waals surface area contributed by atoms with E-state index in [4.69, 9.17) is 15.3 Å². The molecule has 0 saturated carbocycles. The molecule has 0 aliphatic rings. The van der Waals surface area contributed by atoms with Crippen LogP contribution in [-0.2, 0) is 0 Å². The molecule has 0 unspecified atom stereocenters. The molecule has 0 bridgehead atoms. The molecule has 0 atom stereocenters. The fraction of sp³-hybridized carbons (Fsp3) is 0.636. The van der Waals surface area contributed by atoms with Crippen LogP contribution in [0.5, 0.6) is 11.6 Å². The molecule has 0 aliphatic carbocycles. The van der Waals surface area contributed by atoms with Crippen molar-refractivity contribution >= 4 is 5.82 Å². The quantitative estimate of drug-likeness (QED) is 0.516. The van der Waals surface area contributed by atoms with Crippen molar-refractivity contribution in [2.45, 2.75) is 13.8 Å². The minimum absolute atomic E-state index is 0.396. The minimum Gasteiger partial charge on any atom is -0.489 e. The summed E-state index contributed by atoms with van der Waals surface area (Å²) < 4.78 is 10.8. The number of methoxy groups -OCH3 is 1. The number of hydrogen-bond donors (Lipinski definition) is 2. The van der Waals surface area contributed by atoms with E-state index in [9.17, 15) is 0 Å². The van der Waals surface area contributed by atoms with Gasteiger partial charge in [0.1, 0.15) is 12.9 Å². The number of ether oxygens (including phenoxy) is 2. The molecule has 18 heavy (non-hydrogen) atoms. The minimum atomic E-state index is 0.396. The van der Waals surface area contributed by atoms with Gasteiger partial charge in [0.05, 0.1) is 7.11 Å². The van der Waals surface area contributed by atoms with Crippen molar-refractivity contribution in [3.05, 3.63) is 6.33 Å². The van der Waals surface area contributed by atoms with Gasteiger partial charge < -0.3 is 19.8 Å². The highest BCUT2D eigenvalue weighted by atomic mass is 16.5. The van der Waals surface area contributed by atoms with E-state index >= 15 is 0 Å². The van der Waals surface area contributed by atoms with Gasteiger partial charge in [0.2, 0.25) is 5.75 Å². The average molecular weight is 255 g/mol. The molecule has 1 aromatic heterocycles. The lowest BCUT2D eigenvalue weighted by Crippen LogP contribution is -2.28. The molecule has 3 N–H and O–H groups in total. The fourth-order valence-corrected chi connectivity index (χ4v) is 1.56. The number of nitrogens with two attached hydrogens (primary N) is 1. The first-order chi connectivity index (χ1) is 8.76. The Morgan fingerprint density at radius 3 is 2.61 bits per heavy atom. The first-order valence-electron chi connectivity index (χ1n) is 5.97. The van der Waals surface area contributed by atoms with E-state index in [0.29, 0.717) is 24.1 Å². The van der Waals surface area contributed by atoms with E-state index in [1.54, 1.807) is 0 Å². The van der Waals surface area contributed by atoms with Gasteiger partial charge in [-0.1, -0.05) is 13.8 Å². The highest BCUT2D eigenvalue weighted by Crippen LogP contribution is 2.29. The van der Waals surface area contributed by atoms with E-state index in [2.05, 4.69) is 34.1 Å². The van der Waals surface area contributed by atoms with Crippen LogP contribution in [-0.4, -0.2) is 48.2 Å². The Kier molecular flexibility index (Phi) is 6.16. The van der Waals surface area contributed by atoms with Crippen LogP contribution in [0.4, 0.5) is 5.82 Å². The maximum atomic E-state index is 5.59. The predicted molar refractivity (Wildman–Crippen MR) is 69.7 cm³/mol. The lowest BCUT2D eigenvalue weighted by molar-refractivity contribution is 0.211.